The predicted octanol–water partition coefficient (Wildman–Crippen LogP) is 1.14. The van der Waals surface area contributed by atoms with Gasteiger partial charge in [-0.05, 0) is 20.3 Å². The molecule has 2 aromatic rings. The minimum absolute atomic E-state index is 0.0675. The van der Waals surface area contributed by atoms with Crippen LogP contribution in [0.3, 0.4) is 0 Å². The molecule has 86 valence electrons. The summed E-state index contributed by atoms with van der Waals surface area (Å²) in [5, 5.41) is 0. The van der Waals surface area contributed by atoms with E-state index in [0.29, 0.717) is 17.0 Å². The fourth-order valence-corrected chi connectivity index (χ4v) is 1.55. The predicted molar refractivity (Wildman–Crippen MR) is 63.8 cm³/mol. The molecule has 0 aliphatic heterocycles. The van der Waals surface area contributed by atoms with Gasteiger partial charge in [-0.2, -0.15) is 9.97 Å². The molecule has 0 aliphatic rings. The summed E-state index contributed by atoms with van der Waals surface area (Å²) < 4.78 is 1.98. The summed E-state index contributed by atoms with van der Waals surface area (Å²) in [4.78, 5) is 12.3. The van der Waals surface area contributed by atoms with Crippen LogP contribution in [0.25, 0.3) is 11.2 Å². The molecule has 6 nitrogen and oxygen atoms in total. The van der Waals surface area contributed by atoms with Crippen LogP contribution in [0.4, 0.5) is 11.8 Å². The van der Waals surface area contributed by atoms with Gasteiger partial charge in [-0.1, -0.05) is 6.92 Å². The van der Waals surface area contributed by atoms with Gasteiger partial charge in [0.2, 0.25) is 5.95 Å². The minimum Gasteiger partial charge on any atom is -0.382 e. The van der Waals surface area contributed by atoms with Crippen molar-refractivity contribution >= 4 is 22.9 Å². The van der Waals surface area contributed by atoms with E-state index in [-0.39, 0.29) is 11.5 Å². The topological polar surface area (TPSA) is 95.6 Å². The third-order valence-corrected chi connectivity index (χ3v) is 2.96. The number of fused-ring (bicyclic) bond motifs is 1. The summed E-state index contributed by atoms with van der Waals surface area (Å²) in [5.74, 6) is 0.506. The SMILES string of the molecule is CCC(C)(C)n1cnc2c(N)nc(N)nc21. The van der Waals surface area contributed by atoms with Crippen molar-refractivity contribution in [1.82, 2.24) is 19.5 Å². The van der Waals surface area contributed by atoms with E-state index in [9.17, 15) is 0 Å². The fraction of sp³-hybridized carbons (Fsp3) is 0.500. The van der Waals surface area contributed by atoms with Gasteiger partial charge in [0, 0.05) is 5.54 Å². The van der Waals surface area contributed by atoms with Crippen LogP contribution in [0.5, 0.6) is 0 Å². The summed E-state index contributed by atoms with van der Waals surface area (Å²) in [6.07, 6.45) is 2.70. The summed E-state index contributed by atoms with van der Waals surface area (Å²) in [7, 11) is 0. The number of nitrogen functional groups attached to an aromatic ring is 2. The average Bonchev–Trinajstić information content (AvgIpc) is 2.62. The van der Waals surface area contributed by atoms with Crippen LogP contribution in [0.2, 0.25) is 0 Å². The van der Waals surface area contributed by atoms with E-state index in [1.54, 1.807) is 6.33 Å². The van der Waals surface area contributed by atoms with Crippen molar-refractivity contribution in [3.63, 3.8) is 0 Å². The Labute approximate surface area is 93.7 Å². The van der Waals surface area contributed by atoms with E-state index in [1.807, 2.05) is 4.57 Å². The van der Waals surface area contributed by atoms with Crippen molar-refractivity contribution in [3.05, 3.63) is 6.33 Å². The highest BCUT2D eigenvalue weighted by Gasteiger charge is 2.22. The van der Waals surface area contributed by atoms with Gasteiger partial charge in [-0.15, -0.1) is 0 Å². The van der Waals surface area contributed by atoms with Crippen molar-refractivity contribution in [2.24, 2.45) is 0 Å². The summed E-state index contributed by atoms with van der Waals surface area (Å²) in [6.45, 7) is 6.34. The van der Waals surface area contributed by atoms with Crippen molar-refractivity contribution < 1.29 is 0 Å². The van der Waals surface area contributed by atoms with Gasteiger partial charge < -0.3 is 16.0 Å². The molecule has 0 aliphatic carbocycles. The van der Waals surface area contributed by atoms with Gasteiger partial charge in [0.15, 0.2) is 11.5 Å². The Kier molecular flexibility index (Phi) is 2.22. The van der Waals surface area contributed by atoms with E-state index in [0.717, 1.165) is 6.42 Å². The van der Waals surface area contributed by atoms with Gasteiger partial charge in [-0.25, -0.2) is 4.98 Å². The normalized spacial score (nSPS) is 12.2. The highest BCUT2D eigenvalue weighted by molar-refractivity contribution is 5.82. The molecule has 6 heteroatoms. The number of rotatable bonds is 2. The third-order valence-electron chi connectivity index (χ3n) is 2.96. The maximum atomic E-state index is 5.75. The van der Waals surface area contributed by atoms with E-state index >= 15 is 0 Å². The second kappa shape index (κ2) is 3.33. The lowest BCUT2D eigenvalue weighted by Gasteiger charge is -2.24. The Morgan fingerprint density at radius 1 is 1.31 bits per heavy atom. The molecule has 0 fully saturated rings. The van der Waals surface area contributed by atoms with Crippen LogP contribution in [-0.4, -0.2) is 19.5 Å². The highest BCUT2D eigenvalue weighted by Crippen LogP contribution is 2.26. The zero-order valence-corrected chi connectivity index (χ0v) is 9.73. The van der Waals surface area contributed by atoms with E-state index in [1.165, 1.54) is 0 Å². The summed E-state index contributed by atoms with van der Waals surface area (Å²) in [5.41, 5.74) is 12.6. The average molecular weight is 220 g/mol. The van der Waals surface area contributed by atoms with Crippen molar-refractivity contribution in [3.8, 4) is 0 Å². The number of anilines is 2. The lowest BCUT2D eigenvalue weighted by molar-refractivity contribution is 0.350. The molecule has 2 heterocycles. The van der Waals surface area contributed by atoms with Crippen LogP contribution in [0.15, 0.2) is 6.33 Å². The Hall–Kier alpha value is -1.85. The summed E-state index contributed by atoms with van der Waals surface area (Å²) >= 11 is 0. The van der Waals surface area contributed by atoms with Crippen molar-refractivity contribution in [2.75, 3.05) is 11.5 Å². The smallest absolute Gasteiger partial charge is 0.224 e. The molecule has 0 radical (unpaired) electrons. The van der Waals surface area contributed by atoms with Crippen LogP contribution in [0.1, 0.15) is 27.2 Å². The number of aromatic nitrogens is 4. The molecule has 0 saturated carbocycles. The number of hydrogen-bond acceptors (Lipinski definition) is 5. The first-order valence-electron chi connectivity index (χ1n) is 5.22. The molecule has 0 atom stereocenters. The number of nitrogens with two attached hydrogens (primary N) is 2. The lowest BCUT2D eigenvalue weighted by Crippen LogP contribution is -2.24. The zero-order valence-electron chi connectivity index (χ0n) is 9.73. The van der Waals surface area contributed by atoms with Gasteiger partial charge >= 0.3 is 0 Å². The number of hydrogen-bond donors (Lipinski definition) is 2. The van der Waals surface area contributed by atoms with Gasteiger partial charge in [0.25, 0.3) is 0 Å². The Morgan fingerprint density at radius 2 is 2.00 bits per heavy atom. The molecule has 0 spiro atoms. The van der Waals surface area contributed by atoms with Crippen LogP contribution in [0, 0.1) is 0 Å². The molecule has 0 aromatic carbocycles. The number of imidazole rings is 1. The fourth-order valence-electron chi connectivity index (χ4n) is 1.55. The highest BCUT2D eigenvalue weighted by atomic mass is 15.2. The van der Waals surface area contributed by atoms with Crippen LogP contribution in [-0.2, 0) is 5.54 Å². The minimum atomic E-state index is -0.0675. The van der Waals surface area contributed by atoms with Crippen molar-refractivity contribution in [1.29, 1.82) is 0 Å². The van der Waals surface area contributed by atoms with E-state index in [4.69, 9.17) is 11.5 Å². The third kappa shape index (κ3) is 1.46. The lowest BCUT2D eigenvalue weighted by atomic mass is 10.0. The molecule has 0 bridgehead atoms. The molecule has 2 aromatic heterocycles. The van der Waals surface area contributed by atoms with E-state index in [2.05, 4.69) is 35.7 Å². The summed E-state index contributed by atoms with van der Waals surface area (Å²) in [6, 6.07) is 0. The maximum Gasteiger partial charge on any atom is 0.224 e. The van der Waals surface area contributed by atoms with Crippen molar-refractivity contribution in [2.45, 2.75) is 32.7 Å². The first-order valence-corrected chi connectivity index (χ1v) is 5.22. The Bertz CT molecular complexity index is 527. The molecule has 16 heavy (non-hydrogen) atoms. The Morgan fingerprint density at radius 3 is 2.62 bits per heavy atom. The largest absolute Gasteiger partial charge is 0.382 e. The molecule has 0 saturated heterocycles. The second-order valence-electron chi connectivity index (χ2n) is 4.42. The zero-order chi connectivity index (χ0) is 11.9. The Balaban J connectivity index is 2.74. The quantitative estimate of drug-likeness (QED) is 0.791. The van der Waals surface area contributed by atoms with Gasteiger partial charge in [0.1, 0.15) is 5.52 Å². The van der Waals surface area contributed by atoms with Crippen LogP contribution < -0.4 is 11.5 Å². The van der Waals surface area contributed by atoms with E-state index < -0.39 is 0 Å². The van der Waals surface area contributed by atoms with Gasteiger partial charge in [0.05, 0.1) is 6.33 Å². The van der Waals surface area contributed by atoms with Gasteiger partial charge in [-0.3, -0.25) is 0 Å². The first-order chi connectivity index (χ1) is 7.45. The second-order valence-corrected chi connectivity index (χ2v) is 4.42. The molecule has 2 rings (SSSR count). The standard InChI is InChI=1S/C10H16N6/c1-4-10(2,3)16-5-13-6-7(11)14-9(12)15-8(6)16/h5H,4H2,1-3H3,(H4,11,12,14,15). The van der Waals surface area contributed by atoms with Crippen LogP contribution >= 0.6 is 0 Å². The molecular weight excluding hydrogens is 204 g/mol. The number of nitrogens with zero attached hydrogens (tertiary/aromatic N) is 4. The molecule has 0 amide bonds. The first kappa shape index (κ1) is 10.7. The monoisotopic (exact) mass is 220 g/mol. The molecule has 4 N–H and O–H groups in total. The molecular formula is C10H16N6. The maximum absolute atomic E-state index is 5.75. The molecule has 0 unspecified atom stereocenters.